The highest BCUT2D eigenvalue weighted by molar-refractivity contribution is 5.97. The van der Waals surface area contributed by atoms with E-state index in [2.05, 4.69) is 19.2 Å². The second kappa shape index (κ2) is 5.43. The van der Waals surface area contributed by atoms with Gasteiger partial charge in [0, 0.05) is 7.05 Å². The topological polar surface area (TPSA) is 49.4 Å². The zero-order valence-corrected chi connectivity index (χ0v) is 11.6. The number of carbonyl (C=O) groups is 2. The maximum absolute atomic E-state index is 12.4. The first-order valence-corrected chi connectivity index (χ1v) is 6.62. The van der Waals surface area contributed by atoms with E-state index >= 15 is 0 Å². The third-order valence-corrected chi connectivity index (χ3v) is 3.48. The third-order valence-electron chi connectivity index (χ3n) is 3.48. The van der Waals surface area contributed by atoms with Gasteiger partial charge in [-0.05, 0) is 17.9 Å². The highest BCUT2D eigenvalue weighted by Gasteiger charge is 2.39. The Morgan fingerprint density at radius 2 is 1.84 bits per heavy atom. The Morgan fingerprint density at radius 1 is 1.21 bits per heavy atom. The minimum Gasteiger partial charge on any atom is -0.339 e. The average molecular weight is 260 g/mol. The molecular formula is C15H20N2O2. The second-order valence-corrected chi connectivity index (χ2v) is 5.45. The van der Waals surface area contributed by atoms with Crippen molar-refractivity contribution in [3.05, 3.63) is 35.9 Å². The smallest absolute Gasteiger partial charge is 0.250 e. The van der Waals surface area contributed by atoms with Crippen molar-refractivity contribution in [1.82, 2.24) is 10.2 Å². The van der Waals surface area contributed by atoms with E-state index in [0.717, 1.165) is 5.56 Å². The van der Waals surface area contributed by atoms with Crippen LogP contribution in [0, 0.1) is 5.92 Å². The van der Waals surface area contributed by atoms with Crippen LogP contribution in [-0.2, 0) is 9.59 Å². The molecular weight excluding hydrogens is 240 g/mol. The fraction of sp³-hybridized carbons (Fsp3) is 0.467. The molecule has 1 aliphatic rings. The number of hydrogen-bond donors (Lipinski definition) is 1. The van der Waals surface area contributed by atoms with E-state index in [1.54, 1.807) is 11.9 Å². The van der Waals surface area contributed by atoms with Crippen LogP contribution < -0.4 is 5.32 Å². The molecule has 4 heteroatoms. The highest BCUT2D eigenvalue weighted by atomic mass is 16.2. The number of nitrogens with zero attached hydrogens (tertiary/aromatic N) is 1. The quantitative estimate of drug-likeness (QED) is 0.899. The van der Waals surface area contributed by atoms with Gasteiger partial charge in [0.1, 0.15) is 12.1 Å². The average Bonchev–Trinajstić information content (AvgIpc) is 2.39. The van der Waals surface area contributed by atoms with Gasteiger partial charge in [0.2, 0.25) is 11.8 Å². The lowest BCUT2D eigenvalue weighted by molar-refractivity contribution is -0.148. The van der Waals surface area contributed by atoms with Crippen molar-refractivity contribution in [2.45, 2.75) is 32.4 Å². The summed E-state index contributed by atoms with van der Waals surface area (Å²) in [6.07, 6.45) is 0.690. The predicted octanol–water partition coefficient (Wildman–Crippen LogP) is 1.73. The number of rotatable bonds is 3. The van der Waals surface area contributed by atoms with Gasteiger partial charge in [-0.15, -0.1) is 0 Å². The van der Waals surface area contributed by atoms with Gasteiger partial charge in [0.05, 0.1) is 0 Å². The normalized spacial score (nSPS) is 23.7. The number of piperazine rings is 1. The van der Waals surface area contributed by atoms with E-state index in [0.29, 0.717) is 12.3 Å². The SMILES string of the molecule is CC(C)CC1C(=O)NC(c2ccccc2)C(=O)N1C. The van der Waals surface area contributed by atoms with E-state index in [9.17, 15) is 9.59 Å². The Balaban J connectivity index is 2.21. The molecule has 0 saturated carbocycles. The maximum Gasteiger partial charge on any atom is 0.250 e. The molecule has 1 heterocycles. The first kappa shape index (κ1) is 13.6. The minimum absolute atomic E-state index is 0.0450. The molecule has 1 aliphatic heterocycles. The summed E-state index contributed by atoms with van der Waals surface area (Å²) in [4.78, 5) is 26.1. The van der Waals surface area contributed by atoms with Crippen molar-refractivity contribution < 1.29 is 9.59 Å². The molecule has 2 unspecified atom stereocenters. The Morgan fingerprint density at radius 3 is 2.42 bits per heavy atom. The predicted molar refractivity (Wildman–Crippen MR) is 73.3 cm³/mol. The molecule has 1 fully saturated rings. The number of benzene rings is 1. The molecule has 1 saturated heterocycles. The molecule has 0 radical (unpaired) electrons. The van der Waals surface area contributed by atoms with E-state index in [-0.39, 0.29) is 17.9 Å². The standard InChI is InChI=1S/C15H20N2O2/c1-10(2)9-12-14(18)16-13(15(19)17(12)3)11-7-5-4-6-8-11/h4-8,10,12-13H,9H2,1-3H3,(H,16,18). The lowest BCUT2D eigenvalue weighted by Gasteiger charge is -2.37. The Bertz CT molecular complexity index is 470. The van der Waals surface area contributed by atoms with Crippen molar-refractivity contribution in [3.8, 4) is 0 Å². The number of hydrogen-bond acceptors (Lipinski definition) is 2. The monoisotopic (exact) mass is 260 g/mol. The number of nitrogens with one attached hydrogen (secondary N) is 1. The molecule has 102 valence electrons. The molecule has 2 rings (SSSR count). The van der Waals surface area contributed by atoms with Gasteiger partial charge in [-0.25, -0.2) is 0 Å². The number of carbonyl (C=O) groups excluding carboxylic acids is 2. The van der Waals surface area contributed by atoms with Gasteiger partial charge in [0.15, 0.2) is 0 Å². The first-order chi connectivity index (χ1) is 9.00. The van der Waals surface area contributed by atoms with Crippen LogP contribution >= 0.6 is 0 Å². The molecule has 1 N–H and O–H groups in total. The largest absolute Gasteiger partial charge is 0.339 e. The van der Waals surface area contributed by atoms with Crippen LogP contribution in [0.5, 0.6) is 0 Å². The molecule has 0 spiro atoms. The van der Waals surface area contributed by atoms with Crippen molar-refractivity contribution in [1.29, 1.82) is 0 Å². The van der Waals surface area contributed by atoms with Crippen LogP contribution in [0.25, 0.3) is 0 Å². The van der Waals surface area contributed by atoms with Crippen LogP contribution in [0.3, 0.4) is 0 Å². The minimum atomic E-state index is -0.554. The zero-order chi connectivity index (χ0) is 14.0. The zero-order valence-electron chi connectivity index (χ0n) is 11.6. The molecule has 2 atom stereocenters. The number of likely N-dealkylation sites (N-methyl/N-ethyl adjacent to an activating group) is 1. The van der Waals surface area contributed by atoms with E-state index < -0.39 is 6.04 Å². The Kier molecular flexibility index (Phi) is 3.88. The van der Waals surface area contributed by atoms with Crippen LogP contribution in [0.4, 0.5) is 0 Å². The van der Waals surface area contributed by atoms with Gasteiger partial charge >= 0.3 is 0 Å². The third kappa shape index (κ3) is 2.78. The van der Waals surface area contributed by atoms with E-state index in [1.807, 2.05) is 30.3 Å². The summed E-state index contributed by atoms with van der Waals surface area (Å²) in [7, 11) is 1.71. The fourth-order valence-corrected chi connectivity index (χ4v) is 2.42. The molecule has 0 aliphatic carbocycles. The summed E-state index contributed by atoms with van der Waals surface area (Å²) < 4.78 is 0. The molecule has 4 nitrogen and oxygen atoms in total. The van der Waals surface area contributed by atoms with Gasteiger partial charge < -0.3 is 10.2 Å². The lowest BCUT2D eigenvalue weighted by Crippen LogP contribution is -2.58. The Labute approximate surface area is 113 Å². The Hall–Kier alpha value is -1.84. The molecule has 19 heavy (non-hydrogen) atoms. The highest BCUT2D eigenvalue weighted by Crippen LogP contribution is 2.23. The van der Waals surface area contributed by atoms with Gasteiger partial charge in [-0.3, -0.25) is 9.59 Å². The molecule has 0 bridgehead atoms. The van der Waals surface area contributed by atoms with Gasteiger partial charge in [-0.2, -0.15) is 0 Å². The molecule has 2 amide bonds. The fourth-order valence-electron chi connectivity index (χ4n) is 2.42. The van der Waals surface area contributed by atoms with Crippen LogP contribution in [-0.4, -0.2) is 29.8 Å². The van der Waals surface area contributed by atoms with Crippen molar-refractivity contribution in [3.63, 3.8) is 0 Å². The lowest BCUT2D eigenvalue weighted by atomic mass is 9.96. The van der Waals surface area contributed by atoms with Crippen molar-refractivity contribution in [2.75, 3.05) is 7.05 Å². The second-order valence-electron chi connectivity index (χ2n) is 5.45. The summed E-state index contributed by atoms with van der Waals surface area (Å²) in [5.41, 5.74) is 0.829. The summed E-state index contributed by atoms with van der Waals surface area (Å²) in [6, 6.07) is 8.45. The molecule has 1 aromatic rings. The summed E-state index contributed by atoms with van der Waals surface area (Å²) in [6.45, 7) is 4.10. The van der Waals surface area contributed by atoms with Gasteiger partial charge in [0.25, 0.3) is 0 Å². The molecule has 1 aromatic carbocycles. The van der Waals surface area contributed by atoms with Crippen molar-refractivity contribution >= 4 is 11.8 Å². The summed E-state index contributed by atoms with van der Waals surface area (Å²) >= 11 is 0. The van der Waals surface area contributed by atoms with E-state index in [1.165, 1.54) is 0 Å². The summed E-state index contributed by atoms with van der Waals surface area (Å²) in [5.74, 6) is 0.264. The van der Waals surface area contributed by atoms with Crippen molar-refractivity contribution in [2.24, 2.45) is 5.92 Å². The van der Waals surface area contributed by atoms with Gasteiger partial charge in [-0.1, -0.05) is 44.2 Å². The van der Waals surface area contributed by atoms with Crippen LogP contribution in [0.1, 0.15) is 31.9 Å². The molecule has 0 aromatic heterocycles. The van der Waals surface area contributed by atoms with Crippen LogP contribution in [0.15, 0.2) is 30.3 Å². The summed E-state index contributed by atoms with van der Waals surface area (Å²) in [5, 5.41) is 2.84. The van der Waals surface area contributed by atoms with Crippen LogP contribution in [0.2, 0.25) is 0 Å². The van der Waals surface area contributed by atoms with E-state index in [4.69, 9.17) is 0 Å². The first-order valence-electron chi connectivity index (χ1n) is 6.62. The maximum atomic E-state index is 12.4. The number of amides is 2.